The Morgan fingerprint density at radius 1 is 0.952 bits per heavy atom. The van der Waals surface area contributed by atoms with Crippen LogP contribution in [0.4, 0.5) is 25.0 Å². The molecule has 2 aromatic rings. The van der Waals surface area contributed by atoms with Crippen molar-refractivity contribution < 1.29 is 23.5 Å². The van der Waals surface area contributed by atoms with Gasteiger partial charge in [0.2, 0.25) is 0 Å². The molecule has 0 aliphatic rings. The molecule has 0 spiro atoms. The molecule has 0 aromatic heterocycles. The van der Waals surface area contributed by atoms with Crippen LogP contribution in [0.2, 0.25) is 0 Å². The van der Waals surface area contributed by atoms with E-state index in [1.165, 1.54) is 18.2 Å². The van der Waals surface area contributed by atoms with Crippen molar-refractivity contribution in [3.63, 3.8) is 0 Å². The van der Waals surface area contributed by atoms with Crippen LogP contribution in [0.3, 0.4) is 0 Å². The van der Waals surface area contributed by atoms with Crippen LogP contribution >= 0.6 is 0 Å². The first-order valence-electron chi connectivity index (χ1n) is 5.82. The molecule has 2 amide bonds. The van der Waals surface area contributed by atoms with Gasteiger partial charge < -0.3 is 15.7 Å². The summed E-state index contributed by atoms with van der Waals surface area (Å²) < 4.78 is 26.3. The van der Waals surface area contributed by atoms with E-state index in [4.69, 9.17) is 5.11 Å². The van der Waals surface area contributed by atoms with Gasteiger partial charge >= 0.3 is 12.0 Å². The van der Waals surface area contributed by atoms with Crippen LogP contribution in [0.1, 0.15) is 10.4 Å². The molecular formula is C14H10F2N2O3. The highest BCUT2D eigenvalue weighted by Crippen LogP contribution is 2.16. The first kappa shape index (κ1) is 14.4. The van der Waals surface area contributed by atoms with Gasteiger partial charge in [-0.25, -0.2) is 18.4 Å². The summed E-state index contributed by atoms with van der Waals surface area (Å²) in [6.07, 6.45) is 0. The third-order valence-electron chi connectivity index (χ3n) is 2.57. The van der Waals surface area contributed by atoms with Gasteiger partial charge in [0.1, 0.15) is 11.6 Å². The van der Waals surface area contributed by atoms with Crippen molar-refractivity contribution in [2.24, 2.45) is 0 Å². The van der Waals surface area contributed by atoms with E-state index >= 15 is 0 Å². The molecule has 0 heterocycles. The van der Waals surface area contributed by atoms with E-state index in [0.717, 1.165) is 24.3 Å². The molecular weight excluding hydrogens is 282 g/mol. The summed E-state index contributed by atoms with van der Waals surface area (Å²) in [7, 11) is 0. The van der Waals surface area contributed by atoms with Gasteiger partial charge in [-0.2, -0.15) is 0 Å². The second-order valence-electron chi connectivity index (χ2n) is 4.09. The number of carboxylic acid groups (broad SMARTS) is 1. The molecule has 0 bridgehead atoms. The van der Waals surface area contributed by atoms with Crippen LogP contribution in [0.25, 0.3) is 0 Å². The van der Waals surface area contributed by atoms with Gasteiger partial charge in [0.15, 0.2) is 0 Å². The maximum absolute atomic E-state index is 13.6. The van der Waals surface area contributed by atoms with Gasteiger partial charge in [0.05, 0.1) is 11.3 Å². The molecule has 5 nitrogen and oxygen atoms in total. The van der Waals surface area contributed by atoms with Gasteiger partial charge in [-0.15, -0.1) is 0 Å². The highest BCUT2D eigenvalue weighted by molar-refractivity contribution is 6.00. The number of aromatic carboxylic acids is 1. The number of carboxylic acids is 1. The van der Waals surface area contributed by atoms with E-state index in [0.29, 0.717) is 5.69 Å². The van der Waals surface area contributed by atoms with Crippen molar-refractivity contribution in [3.05, 3.63) is 59.7 Å². The quantitative estimate of drug-likeness (QED) is 0.812. The predicted octanol–water partition coefficient (Wildman–Crippen LogP) is 3.31. The van der Waals surface area contributed by atoms with Crippen molar-refractivity contribution in [1.82, 2.24) is 0 Å². The highest BCUT2D eigenvalue weighted by atomic mass is 19.1. The Balaban J connectivity index is 2.06. The minimum absolute atomic E-state index is 0.167. The van der Waals surface area contributed by atoms with Crippen molar-refractivity contribution in [2.45, 2.75) is 0 Å². The number of nitrogens with one attached hydrogen (secondary N) is 2. The van der Waals surface area contributed by atoms with E-state index in [1.54, 1.807) is 0 Å². The second-order valence-corrected chi connectivity index (χ2v) is 4.09. The first-order valence-corrected chi connectivity index (χ1v) is 5.82. The van der Waals surface area contributed by atoms with E-state index in [2.05, 4.69) is 10.6 Å². The third-order valence-corrected chi connectivity index (χ3v) is 2.57. The molecule has 0 radical (unpaired) electrons. The number of carbonyl (C=O) groups excluding carboxylic acids is 1. The van der Waals surface area contributed by atoms with E-state index < -0.39 is 23.6 Å². The largest absolute Gasteiger partial charge is 0.478 e. The molecule has 0 fully saturated rings. The zero-order chi connectivity index (χ0) is 15.4. The summed E-state index contributed by atoms with van der Waals surface area (Å²) in [6, 6.07) is 7.40. The van der Waals surface area contributed by atoms with Crippen LogP contribution < -0.4 is 10.6 Å². The molecule has 0 aliphatic heterocycles. The number of carbonyl (C=O) groups is 2. The Labute approximate surface area is 118 Å². The zero-order valence-corrected chi connectivity index (χ0v) is 10.6. The molecule has 0 unspecified atom stereocenters. The Morgan fingerprint density at radius 2 is 1.62 bits per heavy atom. The number of halogens is 2. The molecule has 0 atom stereocenters. The molecule has 7 heteroatoms. The summed E-state index contributed by atoms with van der Waals surface area (Å²) in [5.74, 6) is -2.59. The minimum Gasteiger partial charge on any atom is -0.478 e. The fourth-order valence-corrected chi connectivity index (χ4v) is 1.57. The van der Waals surface area contributed by atoms with Gasteiger partial charge in [-0.1, -0.05) is 0 Å². The smallest absolute Gasteiger partial charge is 0.335 e. The van der Waals surface area contributed by atoms with Crippen LogP contribution in [-0.2, 0) is 0 Å². The molecule has 2 aromatic carbocycles. The number of rotatable bonds is 3. The van der Waals surface area contributed by atoms with Crippen molar-refractivity contribution in [1.29, 1.82) is 0 Å². The molecule has 0 saturated carbocycles. The summed E-state index contributed by atoms with van der Waals surface area (Å²) in [5, 5.41) is 13.3. The summed E-state index contributed by atoms with van der Waals surface area (Å²) >= 11 is 0. The average molecular weight is 292 g/mol. The van der Waals surface area contributed by atoms with E-state index in [1.807, 2.05) is 0 Å². The van der Waals surface area contributed by atoms with Gasteiger partial charge in [0.25, 0.3) is 0 Å². The average Bonchev–Trinajstić information content (AvgIpc) is 2.43. The first-order chi connectivity index (χ1) is 9.95. The topological polar surface area (TPSA) is 78.4 Å². The Morgan fingerprint density at radius 3 is 2.19 bits per heavy atom. The number of anilines is 2. The minimum atomic E-state index is -1.27. The van der Waals surface area contributed by atoms with Crippen molar-refractivity contribution >= 4 is 23.4 Å². The molecule has 0 saturated heterocycles. The number of urea groups is 1. The van der Waals surface area contributed by atoms with Crippen LogP contribution in [0.5, 0.6) is 0 Å². The standard InChI is InChI=1S/C14H10F2N2O3/c15-9-2-4-10(5-3-9)17-14(21)18-12-6-1-8(13(19)20)7-11(12)16/h1-7H,(H,19,20)(H2,17,18,21). The third kappa shape index (κ3) is 3.75. The lowest BCUT2D eigenvalue weighted by atomic mass is 10.2. The maximum atomic E-state index is 13.6. The Kier molecular flexibility index (Phi) is 4.13. The number of hydrogen-bond donors (Lipinski definition) is 3. The Hall–Kier alpha value is -2.96. The van der Waals surface area contributed by atoms with Crippen LogP contribution in [-0.4, -0.2) is 17.1 Å². The van der Waals surface area contributed by atoms with Gasteiger partial charge in [-0.3, -0.25) is 0 Å². The second kappa shape index (κ2) is 6.00. The number of benzene rings is 2. The lowest BCUT2D eigenvalue weighted by molar-refractivity contribution is 0.0696. The zero-order valence-electron chi connectivity index (χ0n) is 10.6. The summed E-state index contributed by atoms with van der Waals surface area (Å²) in [6.45, 7) is 0. The fourth-order valence-electron chi connectivity index (χ4n) is 1.57. The highest BCUT2D eigenvalue weighted by Gasteiger charge is 2.10. The molecule has 2 rings (SSSR count). The molecule has 108 valence electrons. The van der Waals surface area contributed by atoms with Crippen molar-refractivity contribution in [3.8, 4) is 0 Å². The normalized spacial score (nSPS) is 10.0. The monoisotopic (exact) mass is 292 g/mol. The fraction of sp³-hybridized carbons (Fsp3) is 0. The lowest BCUT2D eigenvalue weighted by Crippen LogP contribution is -2.20. The molecule has 3 N–H and O–H groups in total. The summed E-state index contributed by atoms with van der Waals surface area (Å²) in [4.78, 5) is 22.3. The van der Waals surface area contributed by atoms with Crippen molar-refractivity contribution in [2.75, 3.05) is 10.6 Å². The summed E-state index contributed by atoms with van der Waals surface area (Å²) in [5.41, 5.74) is -0.0620. The predicted molar refractivity (Wildman–Crippen MR) is 72.4 cm³/mol. The SMILES string of the molecule is O=C(Nc1ccc(F)cc1)Nc1ccc(C(=O)O)cc1F. The van der Waals surface area contributed by atoms with Gasteiger partial charge in [-0.05, 0) is 42.5 Å². The lowest BCUT2D eigenvalue weighted by Gasteiger charge is -2.08. The van der Waals surface area contributed by atoms with E-state index in [-0.39, 0.29) is 11.3 Å². The Bertz CT molecular complexity index is 687. The van der Waals surface area contributed by atoms with Crippen LogP contribution in [0, 0.1) is 11.6 Å². The maximum Gasteiger partial charge on any atom is 0.335 e. The van der Waals surface area contributed by atoms with Gasteiger partial charge in [0, 0.05) is 5.69 Å². The van der Waals surface area contributed by atoms with E-state index in [9.17, 15) is 18.4 Å². The molecule has 0 aliphatic carbocycles. The van der Waals surface area contributed by atoms with Crippen LogP contribution in [0.15, 0.2) is 42.5 Å². The molecule has 21 heavy (non-hydrogen) atoms. The number of amides is 2. The number of hydrogen-bond acceptors (Lipinski definition) is 2.